The third-order valence-electron chi connectivity index (χ3n) is 2.68. The van der Waals surface area contributed by atoms with E-state index < -0.39 is 26.5 Å². The SMILES string of the molecule is Cc1ccc(S(=O)(=O)C(C)C(=O)NC(C)(C)C)cc1. The fourth-order valence-corrected chi connectivity index (χ4v) is 2.81. The Bertz CT molecular complexity index is 553. The van der Waals surface area contributed by atoms with Gasteiger partial charge in [-0.25, -0.2) is 8.42 Å². The van der Waals surface area contributed by atoms with Crippen LogP contribution in [0.2, 0.25) is 0 Å². The van der Waals surface area contributed by atoms with Crippen molar-refractivity contribution in [2.24, 2.45) is 0 Å². The van der Waals surface area contributed by atoms with Crippen molar-refractivity contribution in [3.63, 3.8) is 0 Å². The number of aryl methyl sites for hydroxylation is 1. The molecule has 106 valence electrons. The van der Waals surface area contributed by atoms with Gasteiger partial charge < -0.3 is 5.32 Å². The summed E-state index contributed by atoms with van der Waals surface area (Å²) < 4.78 is 24.6. The summed E-state index contributed by atoms with van der Waals surface area (Å²) in [7, 11) is -3.64. The summed E-state index contributed by atoms with van der Waals surface area (Å²) in [6.07, 6.45) is 0. The predicted molar refractivity (Wildman–Crippen MR) is 75.7 cm³/mol. The summed E-state index contributed by atoms with van der Waals surface area (Å²) in [6.45, 7) is 8.74. The van der Waals surface area contributed by atoms with Gasteiger partial charge in [-0.05, 0) is 46.8 Å². The molecule has 0 radical (unpaired) electrons. The van der Waals surface area contributed by atoms with Gasteiger partial charge in [0.1, 0.15) is 5.25 Å². The molecular weight excluding hydrogens is 262 g/mol. The van der Waals surface area contributed by atoms with Gasteiger partial charge in [0.2, 0.25) is 5.91 Å². The zero-order valence-electron chi connectivity index (χ0n) is 12.0. The molecule has 1 unspecified atom stereocenters. The minimum absolute atomic E-state index is 0.176. The van der Waals surface area contributed by atoms with Crippen LogP contribution in [0.1, 0.15) is 33.3 Å². The highest BCUT2D eigenvalue weighted by atomic mass is 32.2. The molecule has 0 aliphatic rings. The average molecular weight is 283 g/mol. The summed E-state index contributed by atoms with van der Waals surface area (Å²) >= 11 is 0. The standard InChI is InChI=1S/C14H21NO3S/c1-10-6-8-12(9-7-10)19(17,18)11(2)13(16)15-14(3,4)5/h6-9,11H,1-5H3,(H,15,16). The third kappa shape index (κ3) is 4.06. The number of nitrogens with one attached hydrogen (secondary N) is 1. The van der Waals surface area contributed by atoms with E-state index in [0.29, 0.717) is 0 Å². The number of hydrogen-bond donors (Lipinski definition) is 1. The van der Waals surface area contributed by atoms with Crippen LogP contribution in [-0.2, 0) is 14.6 Å². The Hall–Kier alpha value is -1.36. The van der Waals surface area contributed by atoms with E-state index in [4.69, 9.17) is 0 Å². The molecule has 0 heterocycles. The number of carbonyl (C=O) groups is 1. The number of amides is 1. The second-order valence-electron chi connectivity index (χ2n) is 5.74. The van der Waals surface area contributed by atoms with Gasteiger partial charge >= 0.3 is 0 Å². The fraction of sp³-hybridized carbons (Fsp3) is 0.500. The monoisotopic (exact) mass is 283 g/mol. The van der Waals surface area contributed by atoms with Crippen molar-refractivity contribution >= 4 is 15.7 Å². The Kier molecular flexibility index (Phi) is 4.40. The Labute approximate surface area is 115 Å². The Morgan fingerprint density at radius 2 is 1.63 bits per heavy atom. The molecule has 1 amide bonds. The van der Waals surface area contributed by atoms with Gasteiger partial charge in [-0.2, -0.15) is 0 Å². The first-order valence-corrected chi connectivity index (χ1v) is 7.71. The molecular formula is C14H21NO3S. The van der Waals surface area contributed by atoms with Crippen LogP contribution in [0.15, 0.2) is 29.2 Å². The molecule has 1 aromatic carbocycles. The lowest BCUT2D eigenvalue weighted by atomic mass is 10.1. The molecule has 0 aromatic heterocycles. The van der Waals surface area contributed by atoms with Crippen molar-refractivity contribution in [2.75, 3.05) is 0 Å². The maximum atomic E-state index is 12.3. The maximum absolute atomic E-state index is 12.3. The van der Waals surface area contributed by atoms with E-state index in [1.807, 2.05) is 27.7 Å². The van der Waals surface area contributed by atoms with Gasteiger partial charge in [0, 0.05) is 5.54 Å². The van der Waals surface area contributed by atoms with E-state index in [2.05, 4.69) is 5.32 Å². The lowest BCUT2D eigenvalue weighted by molar-refractivity contribution is -0.121. The van der Waals surface area contributed by atoms with Crippen LogP contribution in [0.5, 0.6) is 0 Å². The average Bonchev–Trinajstić information content (AvgIpc) is 2.26. The molecule has 0 aliphatic heterocycles. The predicted octanol–water partition coefficient (Wildman–Crippen LogP) is 2.07. The zero-order valence-corrected chi connectivity index (χ0v) is 12.8. The summed E-state index contributed by atoms with van der Waals surface area (Å²) in [4.78, 5) is 12.1. The van der Waals surface area contributed by atoms with Crippen LogP contribution in [0.4, 0.5) is 0 Å². The summed E-state index contributed by atoms with van der Waals surface area (Å²) in [5.41, 5.74) is 0.527. The lowest BCUT2D eigenvalue weighted by Gasteiger charge is -2.23. The lowest BCUT2D eigenvalue weighted by Crippen LogP contribution is -2.47. The van der Waals surface area contributed by atoms with E-state index >= 15 is 0 Å². The molecule has 5 heteroatoms. The van der Waals surface area contributed by atoms with Gasteiger partial charge in [0.05, 0.1) is 4.90 Å². The van der Waals surface area contributed by atoms with Crippen LogP contribution < -0.4 is 5.32 Å². The molecule has 0 bridgehead atoms. The fourth-order valence-electron chi connectivity index (χ4n) is 1.54. The number of sulfone groups is 1. The van der Waals surface area contributed by atoms with Crippen LogP contribution >= 0.6 is 0 Å². The molecule has 1 atom stereocenters. The highest BCUT2D eigenvalue weighted by Gasteiger charge is 2.31. The molecule has 0 fully saturated rings. The maximum Gasteiger partial charge on any atom is 0.238 e. The van der Waals surface area contributed by atoms with E-state index in [-0.39, 0.29) is 4.90 Å². The first kappa shape index (κ1) is 15.7. The van der Waals surface area contributed by atoms with Gasteiger partial charge in [-0.15, -0.1) is 0 Å². The van der Waals surface area contributed by atoms with E-state index in [1.54, 1.807) is 12.1 Å². The quantitative estimate of drug-likeness (QED) is 0.923. The van der Waals surface area contributed by atoms with Crippen molar-refractivity contribution in [1.82, 2.24) is 5.32 Å². The van der Waals surface area contributed by atoms with Gasteiger partial charge in [0.15, 0.2) is 9.84 Å². The zero-order chi connectivity index (χ0) is 14.8. The van der Waals surface area contributed by atoms with Crippen LogP contribution in [0, 0.1) is 6.92 Å². The van der Waals surface area contributed by atoms with Gasteiger partial charge in [-0.1, -0.05) is 17.7 Å². The summed E-state index contributed by atoms with van der Waals surface area (Å²) in [5.74, 6) is -0.479. The van der Waals surface area contributed by atoms with Crippen LogP contribution in [0.25, 0.3) is 0 Å². The van der Waals surface area contributed by atoms with Crippen molar-refractivity contribution in [1.29, 1.82) is 0 Å². The van der Waals surface area contributed by atoms with Crippen molar-refractivity contribution < 1.29 is 13.2 Å². The van der Waals surface area contributed by atoms with Crippen molar-refractivity contribution in [3.05, 3.63) is 29.8 Å². The third-order valence-corrected chi connectivity index (χ3v) is 4.76. The second-order valence-corrected chi connectivity index (χ2v) is 8.01. The molecule has 1 aromatic rings. The first-order valence-electron chi connectivity index (χ1n) is 6.16. The van der Waals surface area contributed by atoms with Crippen molar-refractivity contribution in [2.45, 2.75) is 50.3 Å². The molecule has 0 spiro atoms. The number of benzene rings is 1. The molecule has 1 rings (SSSR count). The minimum Gasteiger partial charge on any atom is -0.350 e. The topological polar surface area (TPSA) is 63.2 Å². The van der Waals surface area contributed by atoms with Gasteiger partial charge in [-0.3, -0.25) is 4.79 Å². The Morgan fingerprint density at radius 1 is 1.16 bits per heavy atom. The molecule has 4 nitrogen and oxygen atoms in total. The molecule has 1 N–H and O–H groups in total. The van der Waals surface area contributed by atoms with Gasteiger partial charge in [0.25, 0.3) is 0 Å². The molecule has 19 heavy (non-hydrogen) atoms. The van der Waals surface area contributed by atoms with Crippen LogP contribution in [-0.4, -0.2) is 25.1 Å². The molecule has 0 aliphatic carbocycles. The smallest absolute Gasteiger partial charge is 0.238 e. The number of hydrogen-bond acceptors (Lipinski definition) is 3. The van der Waals surface area contributed by atoms with Crippen LogP contribution in [0.3, 0.4) is 0 Å². The molecule has 0 saturated heterocycles. The second kappa shape index (κ2) is 5.33. The summed E-state index contributed by atoms with van der Waals surface area (Å²) in [5, 5.41) is 1.59. The number of rotatable bonds is 3. The van der Waals surface area contributed by atoms with E-state index in [9.17, 15) is 13.2 Å². The largest absolute Gasteiger partial charge is 0.350 e. The molecule has 0 saturated carbocycles. The highest BCUT2D eigenvalue weighted by molar-refractivity contribution is 7.92. The highest BCUT2D eigenvalue weighted by Crippen LogP contribution is 2.17. The minimum atomic E-state index is -3.64. The van der Waals surface area contributed by atoms with E-state index in [0.717, 1.165) is 5.56 Å². The Morgan fingerprint density at radius 3 is 2.05 bits per heavy atom. The van der Waals surface area contributed by atoms with E-state index in [1.165, 1.54) is 19.1 Å². The summed E-state index contributed by atoms with van der Waals surface area (Å²) in [6, 6.07) is 6.51. The normalized spacial score (nSPS) is 13.9. The van der Waals surface area contributed by atoms with Crippen molar-refractivity contribution in [3.8, 4) is 0 Å². The first-order chi connectivity index (χ1) is 8.54. The Balaban J connectivity index is 3.00. The number of carbonyl (C=O) groups excluding carboxylic acids is 1.